The minimum atomic E-state index is -0.833. The Hall–Kier alpha value is -0.570. The van der Waals surface area contributed by atoms with Gasteiger partial charge in [-0.2, -0.15) is 0 Å². The summed E-state index contributed by atoms with van der Waals surface area (Å²) in [6.45, 7) is 13.5. The van der Waals surface area contributed by atoms with Crippen molar-refractivity contribution >= 4 is 5.97 Å². The molecule has 1 N–H and O–H groups in total. The molecule has 0 saturated carbocycles. The van der Waals surface area contributed by atoms with Crippen molar-refractivity contribution in [3.8, 4) is 0 Å². The van der Waals surface area contributed by atoms with Gasteiger partial charge >= 0.3 is 0 Å². The minimum Gasteiger partial charge on any atom is -0.481 e. The number of ether oxygens (including phenoxy) is 1. The summed E-state index contributed by atoms with van der Waals surface area (Å²) in [5.74, 6) is -0.833. The Morgan fingerprint density at radius 1 is 1.00 bits per heavy atom. The molecule has 3 heteroatoms. The number of carboxylic acid groups (broad SMARTS) is 1. The van der Waals surface area contributed by atoms with Crippen LogP contribution in [0.25, 0.3) is 0 Å². The van der Waals surface area contributed by atoms with Gasteiger partial charge in [0.15, 0.2) is 0 Å². The normalized spacial score (nSPS) is 10.8. The lowest BCUT2D eigenvalue weighted by atomic mass is 10.1. The Balaban J connectivity index is -0.000000209. The third-order valence-corrected chi connectivity index (χ3v) is 0.612. The van der Waals surface area contributed by atoms with E-state index in [0.717, 1.165) is 6.92 Å². The summed E-state index contributed by atoms with van der Waals surface area (Å²) in [5, 5.41) is 7.42. The predicted octanol–water partition coefficient (Wildman–Crippen LogP) is 3.33. The highest BCUT2D eigenvalue weighted by atomic mass is 16.5. The van der Waals surface area contributed by atoms with Crippen molar-refractivity contribution < 1.29 is 14.6 Å². The fourth-order valence-electron chi connectivity index (χ4n) is 0.919. The maximum Gasteiger partial charge on any atom is 0.300 e. The van der Waals surface area contributed by atoms with Gasteiger partial charge in [-0.25, -0.2) is 0 Å². The molecule has 0 aromatic heterocycles. The van der Waals surface area contributed by atoms with Gasteiger partial charge < -0.3 is 9.84 Å². The topological polar surface area (TPSA) is 46.5 Å². The predicted molar refractivity (Wildman–Crippen MR) is 60.6 cm³/mol. The first-order valence-corrected chi connectivity index (χ1v) is 4.34. The van der Waals surface area contributed by atoms with Crippen molar-refractivity contribution in [1.29, 1.82) is 0 Å². The van der Waals surface area contributed by atoms with E-state index in [0.29, 0.717) is 0 Å². The van der Waals surface area contributed by atoms with Crippen LogP contribution < -0.4 is 0 Å². The van der Waals surface area contributed by atoms with Crippen LogP contribution in [0.4, 0.5) is 0 Å². The summed E-state index contributed by atoms with van der Waals surface area (Å²) >= 11 is 0. The second kappa shape index (κ2) is 6.82. The number of carbonyl (C=O) groups is 1. The van der Waals surface area contributed by atoms with Gasteiger partial charge in [0.25, 0.3) is 5.97 Å². The van der Waals surface area contributed by atoms with Crippen molar-refractivity contribution in [1.82, 2.24) is 0 Å². The molecule has 0 rings (SSSR count). The van der Waals surface area contributed by atoms with Gasteiger partial charge in [0, 0.05) is 6.92 Å². The molecule has 0 aromatic rings. The van der Waals surface area contributed by atoms with Gasteiger partial charge in [0.2, 0.25) is 0 Å². The van der Waals surface area contributed by atoms with Crippen molar-refractivity contribution in [2.45, 2.75) is 67.1 Å². The molecule has 0 spiro atoms. The van der Waals surface area contributed by atoms with Crippen LogP contribution in [0.1, 0.15) is 55.9 Å². The Morgan fingerprint density at radius 2 is 1.14 bits per heavy atom. The number of hydrogen-bond acceptors (Lipinski definition) is 2. The van der Waals surface area contributed by atoms with Crippen LogP contribution in [0, 0.1) is 0 Å². The summed E-state index contributed by atoms with van der Waals surface area (Å²) in [4.78, 5) is 9.00. The molecule has 0 aliphatic rings. The van der Waals surface area contributed by atoms with Gasteiger partial charge in [-0.3, -0.25) is 4.79 Å². The quantitative estimate of drug-likeness (QED) is 0.661. The molecule has 0 radical (unpaired) electrons. The van der Waals surface area contributed by atoms with Gasteiger partial charge in [0.1, 0.15) is 0 Å². The van der Waals surface area contributed by atoms with Crippen molar-refractivity contribution in [2.24, 2.45) is 0 Å². The standard InChI is InChI=1S/C8H18O.C2H4O2.CH4/c1-7(2,3)9-8(4,5)6;1-2(3)4;/h1-6H3;1H3,(H,3,4);1H4. The van der Waals surface area contributed by atoms with Gasteiger partial charge in [-0.05, 0) is 41.5 Å². The van der Waals surface area contributed by atoms with E-state index in [4.69, 9.17) is 14.6 Å². The lowest BCUT2D eigenvalue weighted by Crippen LogP contribution is -2.31. The van der Waals surface area contributed by atoms with E-state index < -0.39 is 5.97 Å². The highest BCUT2D eigenvalue weighted by Gasteiger charge is 2.19. The van der Waals surface area contributed by atoms with E-state index in [2.05, 4.69) is 41.5 Å². The molecule has 0 atom stereocenters. The molecule has 0 heterocycles. The van der Waals surface area contributed by atoms with Crippen LogP contribution in [0.3, 0.4) is 0 Å². The smallest absolute Gasteiger partial charge is 0.300 e. The summed E-state index contributed by atoms with van der Waals surface area (Å²) in [7, 11) is 0. The van der Waals surface area contributed by atoms with Gasteiger partial charge in [-0.1, -0.05) is 7.43 Å². The van der Waals surface area contributed by atoms with E-state index in [1.54, 1.807) is 0 Å². The number of aliphatic carboxylic acids is 1. The Morgan fingerprint density at radius 3 is 1.14 bits per heavy atom. The van der Waals surface area contributed by atoms with Crippen molar-refractivity contribution in [2.75, 3.05) is 0 Å². The van der Waals surface area contributed by atoms with Crippen LogP contribution in [0.5, 0.6) is 0 Å². The van der Waals surface area contributed by atoms with Crippen LogP contribution in [0.15, 0.2) is 0 Å². The minimum absolute atomic E-state index is 0. The fraction of sp³-hybridized carbons (Fsp3) is 0.909. The molecule has 0 fully saturated rings. The zero-order valence-corrected chi connectivity index (χ0v) is 9.76. The largest absolute Gasteiger partial charge is 0.481 e. The average molecular weight is 206 g/mol. The number of carboxylic acids is 1. The molecule has 0 aromatic carbocycles. The second-order valence-corrected chi connectivity index (χ2v) is 4.85. The van der Waals surface area contributed by atoms with Gasteiger partial charge in [0.05, 0.1) is 11.2 Å². The average Bonchev–Trinajstić information content (AvgIpc) is 1.47. The Kier molecular flexibility index (Phi) is 9.29. The molecule has 88 valence electrons. The third kappa shape index (κ3) is 42.2. The summed E-state index contributed by atoms with van der Waals surface area (Å²) in [6.07, 6.45) is 0. The first-order valence-electron chi connectivity index (χ1n) is 4.34. The van der Waals surface area contributed by atoms with Crippen LogP contribution in [-0.4, -0.2) is 22.3 Å². The lowest BCUT2D eigenvalue weighted by Gasteiger charge is -2.30. The zero-order valence-electron chi connectivity index (χ0n) is 9.76. The Labute approximate surface area is 88.5 Å². The number of rotatable bonds is 0. The lowest BCUT2D eigenvalue weighted by molar-refractivity contribution is -0.134. The van der Waals surface area contributed by atoms with E-state index in [9.17, 15) is 0 Å². The summed E-state index contributed by atoms with van der Waals surface area (Å²) in [6, 6.07) is 0. The monoisotopic (exact) mass is 206 g/mol. The second-order valence-electron chi connectivity index (χ2n) is 4.85. The summed E-state index contributed by atoms with van der Waals surface area (Å²) < 4.78 is 5.62. The SMILES string of the molecule is C.CC(=O)O.CC(C)(C)OC(C)(C)C. The molecule has 14 heavy (non-hydrogen) atoms. The fourth-order valence-corrected chi connectivity index (χ4v) is 0.919. The maximum absolute atomic E-state index is 9.00. The van der Waals surface area contributed by atoms with Crippen LogP contribution in [-0.2, 0) is 9.53 Å². The van der Waals surface area contributed by atoms with Crippen molar-refractivity contribution in [3.63, 3.8) is 0 Å². The van der Waals surface area contributed by atoms with E-state index in [1.807, 2.05) is 0 Å². The molecule has 0 unspecified atom stereocenters. The van der Waals surface area contributed by atoms with Crippen LogP contribution in [0.2, 0.25) is 0 Å². The molecule has 3 nitrogen and oxygen atoms in total. The molecule has 0 amide bonds. The highest BCUT2D eigenvalue weighted by Crippen LogP contribution is 2.17. The molecule has 0 saturated heterocycles. The van der Waals surface area contributed by atoms with Gasteiger partial charge in [-0.15, -0.1) is 0 Å². The molecule has 0 aliphatic carbocycles. The first kappa shape index (κ1) is 19.1. The third-order valence-electron chi connectivity index (χ3n) is 0.612. The number of hydrogen-bond donors (Lipinski definition) is 1. The highest BCUT2D eigenvalue weighted by molar-refractivity contribution is 5.62. The molecule has 0 aliphatic heterocycles. The first-order chi connectivity index (χ1) is 5.44. The molecule has 0 bridgehead atoms. The molecular weight excluding hydrogens is 180 g/mol. The van der Waals surface area contributed by atoms with E-state index in [-0.39, 0.29) is 18.6 Å². The van der Waals surface area contributed by atoms with Crippen LogP contribution >= 0.6 is 0 Å². The summed E-state index contributed by atoms with van der Waals surface area (Å²) in [5.41, 5.74) is -0.0312. The Bertz CT molecular complexity index is 133. The maximum atomic E-state index is 9.00. The molecular formula is C11H26O3. The van der Waals surface area contributed by atoms with Crippen molar-refractivity contribution in [3.05, 3.63) is 0 Å². The van der Waals surface area contributed by atoms with E-state index in [1.165, 1.54) is 0 Å². The van der Waals surface area contributed by atoms with E-state index >= 15 is 0 Å². The zero-order chi connectivity index (χ0) is 11.3.